The molecule has 1 aromatic carbocycles. The van der Waals surface area contributed by atoms with Gasteiger partial charge in [-0.25, -0.2) is 4.79 Å². The predicted octanol–water partition coefficient (Wildman–Crippen LogP) is 2.65. The molecule has 0 radical (unpaired) electrons. The number of thiocarbonyl (C=S) groups is 1. The number of carbonyl (C=O) groups is 1. The second-order valence-electron chi connectivity index (χ2n) is 2.79. The molecule has 7 heteroatoms. The molecule has 0 saturated carbocycles. The number of nitrogens with two attached hydrogens (primary N) is 1. The SMILES string of the molecule is COC(=O)c1cc(Br)cc(Br)c1NC(N)=S. The smallest absolute Gasteiger partial charge is 0.340 e. The maximum Gasteiger partial charge on any atom is 0.340 e. The number of carbonyl (C=O) groups excluding carboxylic acids is 1. The minimum absolute atomic E-state index is 0.0770. The summed E-state index contributed by atoms with van der Waals surface area (Å²) in [6.45, 7) is 0. The number of methoxy groups -OCH3 is 1. The maximum absolute atomic E-state index is 11.5. The topological polar surface area (TPSA) is 64.3 Å². The average molecular weight is 368 g/mol. The van der Waals surface area contributed by atoms with Gasteiger partial charge in [0.2, 0.25) is 0 Å². The summed E-state index contributed by atoms with van der Waals surface area (Å²) in [5.41, 5.74) is 6.21. The van der Waals surface area contributed by atoms with Crippen molar-refractivity contribution in [3.63, 3.8) is 0 Å². The summed E-state index contributed by atoms with van der Waals surface area (Å²) in [5.74, 6) is -0.472. The van der Waals surface area contributed by atoms with Crippen LogP contribution in [0, 0.1) is 0 Å². The molecule has 86 valence electrons. The highest BCUT2D eigenvalue weighted by molar-refractivity contribution is 9.11. The number of hydrogen-bond donors (Lipinski definition) is 2. The van der Waals surface area contributed by atoms with E-state index in [0.717, 1.165) is 4.47 Å². The number of hydrogen-bond acceptors (Lipinski definition) is 3. The van der Waals surface area contributed by atoms with E-state index in [-0.39, 0.29) is 5.11 Å². The summed E-state index contributed by atoms with van der Waals surface area (Å²) >= 11 is 11.3. The standard InChI is InChI=1S/C9H8Br2N2O2S/c1-15-8(14)5-2-4(10)3-6(11)7(5)13-9(12)16/h2-3H,1H3,(H3,12,13,16). The number of ether oxygens (including phenoxy) is 1. The van der Waals surface area contributed by atoms with E-state index in [9.17, 15) is 4.79 Å². The lowest BCUT2D eigenvalue weighted by Gasteiger charge is -2.12. The van der Waals surface area contributed by atoms with Crippen LogP contribution in [-0.4, -0.2) is 18.2 Å². The lowest BCUT2D eigenvalue weighted by atomic mass is 10.2. The summed E-state index contributed by atoms with van der Waals surface area (Å²) in [7, 11) is 1.31. The number of rotatable bonds is 2. The highest BCUT2D eigenvalue weighted by Crippen LogP contribution is 2.31. The first-order chi connectivity index (χ1) is 7.45. The Labute approximate surface area is 115 Å². The normalized spacial score (nSPS) is 9.69. The highest BCUT2D eigenvalue weighted by Gasteiger charge is 2.16. The molecule has 0 aliphatic rings. The van der Waals surface area contributed by atoms with Crippen molar-refractivity contribution in [2.24, 2.45) is 5.73 Å². The Morgan fingerprint density at radius 2 is 2.12 bits per heavy atom. The van der Waals surface area contributed by atoms with Crippen LogP contribution < -0.4 is 11.1 Å². The molecule has 0 saturated heterocycles. The van der Waals surface area contributed by atoms with Gasteiger partial charge in [0.15, 0.2) is 5.11 Å². The van der Waals surface area contributed by atoms with Crippen LogP contribution in [0.15, 0.2) is 21.1 Å². The predicted molar refractivity (Wildman–Crippen MR) is 73.6 cm³/mol. The molecule has 0 unspecified atom stereocenters. The Morgan fingerprint density at radius 1 is 1.50 bits per heavy atom. The molecular formula is C9H8Br2N2O2S. The van der Waals surface area contributed by atoms with E-state index in [1.165, 1.54) is 7.11 Å². The molecule has 0 heterocycles. The fourth-order valence-electron chi connectivity index (χ4n) is 1.09. The third-order valence-electron chi connectivity index (χ3n) is 1.71. The maximum atomic E-state index is 11.5. The molecule has 0 spiro atoms. The van der Waals surface area contributed by atoms with Crippen molar-refractivity contribution >= 4 is 60.8 Å². The molecule has 3 N–H and O–H groups in total. The molecule has 1 aromatic rings. The van der Waals surface area contributed by atoms with Gasteiger partial charge in [0, 0.05) is 8.95 Å². The fourth-order valence-corrected chi connectivity index (χ4v) is 2.52. The zero-order valence-corrected chi connectivity index (χ0v) is 12.2. The molecule has 0 fully saturated rings. The van der Waals surface area contributed by atoms with E-state index in [1.807, 2.05) is 0 Å². The van der Waals surface area contributed by atoms with Crippen LogP contribution in [0.25, 0.3) is 0 Å². The quantitative estimate of drug-likeness (QED) is 0.621. The summed E-state index contributed by atoms with van der Waals surface area (Å²) in [5, 5.41) is 2.80. The van der Waals surface area contributed by atoms with Crippen molar-refractivity contribution in [2.75, 3.05) is 12.4 Å². The van der Waals surface area contributed by atoms with Crippen molar-refractivity contribution in [3.8, 4) is 0 Å². The number of esters is 1. The van der Waals surface area contributed by atoms with E-state index >= 15 is 0 Å². The monoisotopic (exact) mass is 366 g/mol. The van der Waals surface area contributed by atoms with Gasteiger partial charge in [0.05, 0.1) is 18.4 Å². The molecule has 0 atom stereocenters. The lowest BCUT2D eigenvalue weighted by molar-refractivity contribution is 0.0602. The molecule has 0 aliphatic carbocycles. The van der Waals surface area contributed by atoms with Crippen molar-refractivity contribution in [3.05, 3.63) is 26.6 Å². The van der Waals surface area contributed by atoms with Gasteiger partial charge in [-0.15, -0.1) is 0 Å². The number of benzene rings is 1. The van der Waals surface area contributed by atoms with Gasteiger partial charge in [-0.1, -0.05) is 15.9 Å². The highest BCUT2D eigenvalue weighted by atomic mass is 79.9. The Hall–Kier alpha value is -0.660. The second-order valence-corrected chi connectivity index (χ2v) is 5.00. The van der Waals surface area contributed by atoms with Gasteiger partial charge in [0.1, 0.15) is 0 Å². The van der Waals surface area contributed by atoms with Crippen LogP contribution in [-0.2, 0) is 4.74 Å². The number of halogens is 2. The lowest BCUT2D eigenvalue weighted by Crippen LogP contribution is -2.21. The first kappa shape index (κ1) is 13.4. The van der Waals surface area contributed by atoms with Crippen molar-refractivity contribution in [2.45, 2.75) is 0 Å². The summed E-state index contributed by atoms with van der Waals surface area (Å²) < 4.78 is 6.07. The molecule has 0 aromatic heterocycles. The largest absolute Gasteiger partial charge is 0.465 e. The van der Waals surface area contributed by atoms with Gasteiger partial charge in [0.25, 0.3) is 0 Å². The molecular weight excluding hydrogens is 360 g/mol. The van der Waals surface area contributed by atoms with Crippen LogP contribution in [0.5, 0.6) is 0 Å². The van der Waals surface area contributed by atoms with Crippen molar-refractivity contribution in [1.29, 1.82) is 0 Å². The average Bonchev–Trinajstić information content (AvgIpc) is 2.20. The van der Waals surface area contributed by atoms with E-state index in [1.54, 1.807) is 12.1 Å². The first-order valence-corrected chi connectivity index (χ1v) is 6.09. The van der Waals surface area contributed by atoms with E-state index < -0.39 is 5.97 Å². The molecule has 0 amide bonds. The van der Waals surface area contributed by atoms with Crippen LogP contribution in [0.4, 0.5) is 5.69 Å². The minimum Gasteiger partial charge on any atom is -0.465 e. The Bertz CT molecular complexity index is 451. The van der Waals surface area contributed by atoms with E-state index in [2.05, 4.69) is 41.9 Å². The molecule has 1 rings (SSSR count). The Balaban J connectivity index is 3.31. The fraction of sp³-hybridized carbons (Fsp3) is 0.111. The van der Waals surface area contributed by atoms with Crippen molar-refractivity contribution in [1.82, 2.24) is 0 Å². The minimum atomic E-state index is -0.472. The van der Waals surface area contributed by atoms with Gasteiger partial charge in [-0.05, 0) is 40.3 Å². The van der Waals surface area contributed by atoms with E-state index in [0.29, 0.717) is 15.7 Å². The Kier molecular flexibility index (Phi) is 4.69. The van der Waals surface area contributed by atoms with Crippen LogP contribution in [0.2, 0.25) is 0 Å². The molecule has 0 aliphatic heterocycles. The Morgan fingerprint density at radius 3 is 2.62 bits per heavy atom. The van der Waals surface area contributed by atoms with Gasteiger partial charge in [-0.2, -0.15) is 0 Å². The van der Waals surface area contributed by atoms with Crippen LogP contribution in [0.3, 0.4) is 0 Å². The third kappa shape index (κ3) is 3.16. The summed E-state index contributed by atoms with van der Waals surface area (Å²) in [6.07, 6.45) is 0. The second kappa shape index (κ2) is 5.60. The molecule has 16 heavy (non-hydrogen) atoms. The van der Waals surface area contributed by atoms with Crippen LogP contribution >= 0.6 is 44.1 Å². The van der Waals surface area contributed by atoms with Gasteiger partial charge < -0.3 is 15.8 Å². The third-order valence-corrected chi connectivity index (χ3v) is 2.89. The van der Waals surface area contributed by atoms with Crippen LogP contribution in [0.1, 0.15) is 10.4 Å². The number of nitrogens with one attached hydrogen (secondary N) is 1. The summed E-state index contributed by atoms with van der Waals surface area (Å²) in [6, 6.07) is 3.39. The zero-order valence-electron chi connectivity index (χ0n) is 8.21. The molecule has 4 nitrogen and oxygen atoms in total. The van der Waals surface area contributed by atoms with Gasteiger partial charge >= 0.3 is 5.97 Å². The van der Waals surface area contributed by atoms with Crippen molar-refractivity contribution < 1.29 is 9.53 Å². The zero-order chi connectivity index (χ0) is 12.3. The number of anilines is 1. The first-order valence-electron chi connectivity index (χ1n) is 4.09. The molecule has 0 bridgehead atoms. The van der Waals surface area contributed by atoms with E-state index in [4.69, 9.17) is 18.0 Å². The summed E-state index contributed by atoms with van der Waals surface area (Å²) in [4.78, 5) is 11.5. The van der Waals surface area contributed by atoms with Gasteiger partial charge in [-0.3, -0.25) is 0 Å².